The number of nitrogens with zero attached hydrogens (tertiary/aromatic N) is 1. The van der Waals surface area contributed by atoms with Gasteiger partial charge in [0.2, 0.25) is 0 Å². The first kappa shape index (κ1) is 11.4. The molecule has 88 valence electrons. The number of hydrogen-bond donors (Lipinski definition) is 2. The summed E-state index contributed by atoms with van der Waals surface area (Å²) in [6, 6.07) is 4.32. The van der Waals surface area contributed by atoms with Gasteiger partial charge in [0.15, 0.2) is 0 Å². The highest BCUT2D eigenvalue weighted by atomic mass is 16.5. The van der Waals surface area contributed by atoms with Gasteiger partial charge in [-0.15, -0.1) is 0 Å². The van der Waals surface area contributed by atoms with Crippen LogP contribution in [-0.4, -0.2) is 29.8 Å². The molecule has 0 spiro atoms. The first-order valence-corrected chi connectivity index (χ1v) is 5.77. The third kappa shape index (κ3) is 2.18. The summed E-state index contributed by atoms with van der Waals surface area (Å²) in [6.45, 7) is 4.78. The lowest BCUT2D eigenvalue weighted by molar-refractivity contribution is -0.0127. The highest BCUT2D eigenvalue weighted by Gasteiger charge is 2.39. The van der Waals surface area contributed by atoms with Gasteiger partial charge in [-0.2, -0.15) is 0 Å². The van der Waals surface area contributed by atoms with Gasteiger partial charge in [0.1, 0.15) is 5.82 Å². The van der Waals surface area contributed by atoms with Crippen molar-refractivity contribution in [2.24, 2.45) is 5.73 Å². The third-order valence-corrected chi connectivity index (χ3v) is 3.06. The van der Waals surface area contributed by atoms with E-state index in [1.807, 2.05) is 26.0 Å². The van der Waals surface area contributed by atoms with E-state index in [4.69, 9.17) is 10.5 Å². The van der Waals surface area contributed by atoms with Crippen LogP contribution in [0.1, 0.15) is 18.9 Å². The Morgan fingerprint density at radius 1 is 1.62 bits per heavy atom. The summed E-state index contributed by atoms with van der Waals surface area (Å²) >= 11 is 0. The molecule has 3 N–H and O–H groups in total. The molecule has 1 fully saturated rings. The van der Waals surface area contributed by atoms with Crippen molar-refractivity contribution in [3.8, 4) is 0 Å². The van der Waals surface area contributed by atoms with Crippen LogP contribution < -0.4 is 11.1 Å². The van der Waals surface area contributed by atoms with Crippen molar-refractivity contribution < 1.29 is 4.74 Å². The lowest BCUT2D eigenvalue weighted by Crippen LogP contribution is -2.60. The van der Waals surface area contributed by atoms with E-state index in [2.05, 4.69) is 10.3 Å². The van der Waals surface area contributed by atoms with E-state index >= 15 is 0 Å². The SMILES string of the molecule is CCOC1CC(N)C1Nc1ncccc1C. The number of hydrogen-bond acceptors (Lipinski definition) is 4. The summed E-state index contributed by atoms with van der Waals surface area (Å²) in [7, 11) is 0. The van der Waals surface area contributed by atoms with Crippen molar-refractivity contribution in [2.75, 3.05) is 11.9 Å². The Morgan fingerprint density at radius 3 is 3.06 bits per heavy atom. The fourth-order valence-corrected chi connectivity index (χ4v) is 2.02. The van der Waals surface area contributed by atoms with Crippen LogP contribution in [0.2, 0.25) is 0 Å². The summed E-state index contributed by atoms with van der Waals surface area (Å²) in [4.78, 5) is 4.31. The standard InChI is InChI=1S/C12H19N3O/c1-3-16-10-7-9(13)11(10)15-12-8(2)5-4-6-14-12/h4-6,9-11H,3,7,13H2,1-2H3,(H,14,15). The van der Waals surface area contributed by atoms with E-state index in [1.165, 1.54) is 0 Å². The maximum atomic E-state index is 5.97. The van der Waals surface area contributed by atoms with E-state index in [1.54, 1.807) is 6.20 Å². The third-order valence-electron chi connectivity index (χ3n) is 3.06. The molecule has 2 rings (SSSR count). The van der Waals surface area contributed by atoms with Crippen molar-refractivity contribution in [1.82, 2.24) is 4.98 Å². The Kier molecular flexibility index (Phi) is 3.41. The largest absolute Gasteiger partial charge is 0.376 e. The van der Waals surface area contributed by atoms with Gasteiger partial charge in [-0.25, -0.2) is 4.98 Å². The quantitative estimate of drug-likeness (QED) is 0.804. The molecule has 1 saturated carbocycles. The highest BCUT2D eigenvalue weighted by Crippen LogP contribution is 2.26. The number of anilines is 1. The van der Waals surface area contributed by atoms with Crippen LogP contribution in [0.15, 0.2) is 18.3 Å². The van der Waals surface area contributed by atoms with Gasteiger partial charge in [0.25, 0.3) is 0 Å². The first-order valence-electron chi connectivity index (χ1n) is 5.77. The molecule has 1 aromatic rings. The minimum absolute atomic E-state index is 0.165. The molecule has 1 aliphatic rings. The van der Waals surface area contributed by atoms with E-state index in [0.717, 1.165) is 24.4 Å². The van der Waals surface area contributed by atoms with Crippen LogP contribution in [0.25, 0.3) is 0 Å². The Labute approximate surface area is 96.2 Å². The first-order chi connectivity index (χ1) is 7.72. The molecule has 0 saturated heterocycles. The molecular weight excluding hydrogens is 202 g/mol. The summed E-state index contributed by atoms with van der Waals surface area (Å²) in [5.41, 5.74) is 7.11. The van der Waals surface area contributed by atoms with Gasteiger partial charge in [0, 0.05) is 18.8 Å². The Bertz CT molecular complexity index is 354. The molecule has 0 radical (unpaired) electrons. The van der Waals surface area contributed by atoms with Gasteiger partial charge in [0.05, 0.1) is 12.1 Å². The molecule has 4 nitrogen and oxygen atoms in total. The lowest BCUT2D eigenvalue weighted by atomic mass is 9.83. The van der Waals surface area contributed by atoms with E-state index in [-0.39, 0.29) is 18.2 Å². The molecule has 0 amide bonds. The molecule has 0 aromatic carbocycles. The molecule has 0 bridgehead atoms. The average molecular weight is 221 g/mol. The second-order valence-corrected chi connectivity index (χ2v) is 4.23. The van der Waals surface area contributed by atoms with Crippen LogP contribution in [0.4, 0.5) is 5.82 Å². The average Bonchev–Trinajstić information content (AvgIpc) is 2.28. The normalized spacial score (nSPS) is 28.6. The minimum Gasteiger partial charge on any atom is -0.376 e. The zero-order valence-corrected chi connectivity index (χ0v) is 9.81. The monoisotopic (exact) mass is 221 g/mol. The number of nitrogens with one attached hydrogen (secondary N) is 1. The lowest BCUT2D eigenvalue weighted by Gasteiger charge is -2.42. The summed E-state index contributed by atoms with van der Waals surface area (Å²) in [5, 5.41) is 3.37. The fourth-order valence-electron chi connectivity index (χ4n) is 2.02. The second kappa shape index (κ2) is 4.80. The molecular formula is C12H19N3O. The van der Waals surface area contributed by atoms with E-state index in [0.29, 0.717) is 0 Å². The number of nitrogens with two attached hydrogens (primary N) is 1. The molecule has 3 atom stereocenters. The molecule has 1 heterocycles. The maximum absolute atomic E-state index is 5.97. The second-order valence-electron chi connectivity index (χ2n) is 4.23. The predicted octanol–water partition coefficient (Wildman–Crippen LogP) is 1.31. The van der Waals surface area contributed by atoms with Crippen LogP contribution in [0, 0.1) is 6.92 Å². The van der Waals surface area contributed by atoms with Crippen LogP contribution in [0.3, 0.4) is 0 Å². The number of pyridine rings is 1. The van der Waals surface area contributed by atoms with Crippen molar-refractivity contribution in [3.63, 3.8) is 0 Å². The Balaban J connectivity index is 2.01. The van der Waals surface area contributed by atoms with E-state index in [9.17, 15) is 0 Å². The van der Waals surface area contributed by atoms with Crippen LogP contribution in [0.5, 0.6) is 0 Å². The van der Waals surface area contributed by atoms with E-state index < -0.39 is 0 Å². The minimum atomic E-state index is 0.165. The summed E-state index contributed by atoms with van der Waals surface area (Å²) < 4.78 is 5.60. The van der Waals surface area contributed by atoms with Gasteiger partial charge in [-0.05, 0) is 31.9 Å². The molecule has 1 aliphatic carbocycles. The van der Waals surface area contributed by atoms with Crippen molar-refractivity contribution in [3.05, 3.63) is 23.9 Å². The number of aromatic nitrogens is 1. The van der Waals surface area contributed by atoms with Gasteiger partial charge < -0.3 is 15.8 Å². The van der Waals surface area contributed by atoms with Crippen LogP contribution >= 0.6 is 0 Å². The fraction of sp³-hybridized carbons (Fsp3) is 0.583. The Hall–Kier alpha value is -1.13. The summed E-state index contributed by atoms with van der Waals surface area (Å²) in [6.07, 6.45) is 2.94. The molecule has 4 heteroatoms. The number of rotatable bonds is 4. The summed E-state index contributed by atoms with van der Waals surface area (Å²) in [5.74, 6) is 0.910. The number of ether oxygens (including phenoxy) is 1. The Morgan fingerprint density at radius 2 is 2.44 bits per heavy atom. The molecule has 1 aromatic heterocycles. The highest BCUT2D eigenvalue weighted by molar-refractivity contribution is 5.44. The predicted molar refractivity (Wildman–Crippen MR) is 64.4 cm³/mol. The van der Waals surface area contributed by atoms with Crippen molar-refractivity contribution in [1.29, 1.82) is 0 Å². The smallest absolute Gasteiger partial charge is 0.129 e. The van der Waals surface area contributed by atoms with Crippen molar-refractivity contribution in [2.45, 2.75) is 38.5 Å². The van der Waals surface area contributed by atoms with Gasteiger partial charge in [-0.3, -0.25) is 0 Å². The zero-order chi connectivity index (χ0) is 11.5. The molecule has 16 heavy (non-hydrogen) atoms. The van der Waals surface area contributed by atoms with Gasteiger partial charge >= 0.3 is 0 Å². The molecule has 0 aliphatic heterocycles. The van der Waals surface area contributed by atoms with Crippen molar-refractivity contribution >= 4 is 5.82 Å². The number of aryl methyl sites for hydroxylation is 1. The zero-order valence-electron chi connectivity index (χ0n) is 9.81. The maximum Gasteiger partial charge on any atom is 0.129 e. The van der Waals surface area contributed by atoms with Gasteiger partial charge in [-0.1, -0.05) is 6.07 Å². The molecule has 3 unspecified atom stereocenters. The van der Waals surface area contributed by atoms with Crippen LogP contribution in [-0.2, 0) is 4.74 Å². The topological polar surface area (TPSA) is 60.2 Å².